The Hall–Kier alpha value is -1.74. The molecule has 0 aliphatic carbocycles. The van der Waals surface area contributed by atoms with Crippen LogP contribution < -0.4 is 10.2 Å². The second kappa shape index (κ2) is 5.93. The van der Waals surface area contributed by atoms with Crippen molar-refractivity contribution in [3.05, 3.63) is 28.2 Å². The van der Waals surface area contributed by atoms with E-state index < -0.39 is 6.09 Å². The van der Waals surface area contributed by atoms with Gasteiger partial charge >= 0.3 is 6.09 Å². The molecule has 1 fully saturated rings. The number of methoxy groups -OCH3 is 1. The van der Waals surface area contributed by atoms with E-state index in [1.807, 2.05) is 18.2 Å². The molecule has 19 heavy (non-hydrogen) atoms. The monoisotopic (exact) mass is 323 g/mol. The smallest absolute Gasteiger partial charge is 0.407 e. The van der Waals surface area contributed by atoms with Crippen molar-refractivity contribution in [1.29, 1.82) is 5.26 Å². The molecule has 1 aromatic carbocycles. The van der Waals surface area contributed by atoms with E-state index in [0.29, 0.717) is 12.1 Å². The highest BCUT2D eigenvalue weighted by Crippen LogP contribution is 2.29. The molecule has 2 rings (SSSR count). The van der Waals surface area contributed by atoms with Gasteiger partial charge in [0, 0.05) is 17.6 Å². The SMILES string of the molecule is COC(=O)NC1CCN(c2cccc(Br)c2C#N)C1. The number of anilines is 1. The first-order valence-electron chi connectivity index (χ1n) is 5.93. The summed E-state index contributed by atoms with van der Waals surface area (Å²) in [5.74, 6) is 0. The van der Waals surface area contributed by atoms with Crippen molar-refractivity contribution in [1.82, 2.24) is 5.32 Å². The summed E-state index contributed by atoms with van der Waals surface area (Å²) in [6.07, 6.45) is 0.425. The quantitative estimate of drug-likeness (QED) is 0.906. The molecule has 0 bridgehead atoms. The molecule has 1 heterocycles. The summed E-state index contributed by atoms with van der Waals surface area (Å²) >= 11 is 3.38. The van der Waals surface area contributed by atoms with Gasteiger partial charge in [-0.2, -0.15) is 5.26 Å². The van der Waals surface area contributed by atoms with Gasteiger partial charge < -0.3 is 15.0 Å². The van der Waals surface area contributed by atoms with Gasteiger partial charge in [0.2, 0.25) is 0 Å². The highest BCUT2D eigenvalue weighted by Gasteiger charge is 2.26. The maximum absolute atomic E-state index is 11.2. The number of nitrogens with one attached hydrogen (secondary N) is 1. The maximum atomic E-state index is 11.2. The van der Waals surface area contributed by atoms with Gasteiger partial charge in [-0.15, -0.1) is 0 Å². The van der Waals surface area contributed by atoms with Crippen molar-refractivity contribution < 1.29 is 9.53 Å². The topological polar surface area (TPSA) is 65.4 Å². The first-order chi connectivity index (χ1) is 9.15. The van der Waals surface area contributed by atoms with E-state index in [4.69, 9.17) is 0 Å². The molecule has 0 aromatic heterocycles. The van der Waals surface area contributed by atoms with E-state index in [0.717, 1.165) is 23.1 Å². The number of nitriles is 1. The average Bonchev–Trinajstić information content (AvgIpc) is 2.86. The van der Waals surface area contributed by atoms with Crippen LogP contribution in [0.4, 0.5) is 10.5 Å². The average molecular weight is 324 g/mol. The Bertz CT molecular complexity index is 527. The minimum atomic E-state index is -0.415. The van der Waals surface area contributed by atoms with Gasteiger partial charge in [-0.05, 0) is 34.5 Å². The van der Waals surface area contributed by atoms with Gasteiger partial charge in [0.25, 0.3) is 0 Å². The Morgan fingerprint density at radius 3 is 3.11 bits per heavy atom. The fraction of sp³-hybridized carbons (Fsp3) is 0.385. The standard InChI is InChI=1S/C13H14BrN3O2/c1-19-13(18)16-9-5-6-17(8-9)12-4-2-3-11(14)10(12)7-15/h2-4,9H,5-6,8H2,1H3,(H,16,18). The second-order valence-electron chi connectivity index (χ2n) is 4.31. The third-order valence-corrected chi connectivity index (χ3v) is 3.80. The van der Waals surface area contributed by atoms with Gasteiger partial charge in [-0.25, -0.2) is 4.79 Å². The number of benzene rings is 1. The van der Waals surface area contributed by atoms with E-state index in [1.165, 1.54) is 7.11 Å². The maximum Gasteiger partial charge on any atom is 0.407 e. The van der Waals surface area contributed by atoms with Crippen LogP contribution in [0.3, 0.4) is 0 Å². The number of amides is 1. The second-order valence-corrected chi connectivity index (χ2v) is 5.17. The zero-order valence-electron chi connectivity index (χ0n) is 10.5. The van der Waals surface area contributed by atoms with Gasteiger partial charge in [-0.3, -0.25) is 0 Å². The number of carbonyl (C=O) groups is 1. The van der Waals surface area contributed by atoms with Crippen LogP contribution in [-0.2, 0) is 4.74 Å². The summed E-state index contributed by atoms with van der Waals surface area (Å²) in [6.45, 7) is 1.49. The largest absolute Gasteiger partial charge is 0.453 e. The number of ether oxygens (including phenoxy) is 1. The van der Waals surface area contributed by atoms with Crippen molar-refractivity contribution in [2.75, 3.05) is 25.1 Å². The van der Waals surface area contributed by atoms with E-state index in [9.17, 15) is 10.1 Å². The first-order valence-corrected chi connectivity index (χ1v) is 6.73. The van der Waals surface area contributed by atoms with Crippen LogP contribution in [0.15, 0.2) is 22.7 Å². The minimum Gasteiger partial charge on any atom is -0.453 e. The third-order valence-electron chi connectivity index (χ3n) is 3.14. The molecule has 1 unspecified atom stereocenters. The summed E-state index contributed by atoms with van der Waals surface area (Å²) < 4.78 is 5.38. The summed E-state index contributed by atoms with van der Waals surface area (Å²) in [6, 6.07) is 7.93. The molecule has 0 saturated carbocycles. The summed E-state index contributed by atoms with van der Waals surface area (Å²) in [7, 11) is 1.35. The molecule has 1 amide bonds. The Morgan fingerprint density at radius 1 is 1.63 bits per heavy atom. The van der Waals surface area contributed by atoms with E-state index >= 15 is 0 Å². The zero-order valence-corrected chi connectivity index (χ0v) is 12.1. The van der Waals surface area contributed by atoms with Gasteiger partial charge in [0.1, 0.15) is 6.07 Å². The van der Waals surface area contributed by atoms with Crippen LogP contribution in [-0.4, -0.2) is 32.3 Å². The lowest BCUT2D eigenvalue weighted by Gasteiger charge is -2.20. The van der Waals surface area contributed by atoms with Crippen molar-refractivity contribution >= 4 is 27.7 Å². The number of hydrogen-bond acceptors (Lipinski definition) is 4. The molecule has 1 N–H and O–H groups in total. The van der Waals surface area contributed by atoms with Crippen LogP contribution in [0.1, 0.15) is 12.0 Å². The molecule has 1 saturated heterocycles. The van der Waals surface area contributed by atoms with Gasteiger partial charge in [-0.1, -0.05) is 6.07 Å². The zero-order chi connectivity index (χ0) is 13.8. The highest BCUT2D eigenvalue weighted by atomic mass is 79.9. The van der Waals surface area contributed by atoms with E-state index in [-0.39, 0.29) is 6.04 Å². The van der Waals surface area contributed by atoms with E-state index in [2.05, 4.69) is 37.0 Å². The highest BCUT2D eigenvalue weighted by molar-refractivity contribution is 9.10. The van der Waals surface area contributed by atoms with Gasteiger partial charge in [0.15, 0.2) is 0 Å². The third kappa shape index (κ3) is 2.99. The fourth-order valence-electron chi connectivity index (χ4n) is 2.21. The van der Waals surface area contributed by atoms with Crippen molar-refractivity contribution in [2.24, 2.45) is 0 Å². The van der Waals surface area contributed by atoms with Crippen molar-refractivity contribution in [3.63, 3.8) is 0 Å². The van der Waals surface area contributed by atoms with Gasteiger partial charge in [0.05, 0.1) is 24.4 Å². The predicted molar refractivity (Wildman–Crippen MR) is 75.0 cm³/mol. The molecule has 5 nitrogen and oxygen atoms in total. The van der Waals surface area contributed by atoms with Crippen LogP contribution in [0, 0.1) is 11.3 Å². The molecule has 1 aliphatic rings. The molecule has 100 valence electrons. The fourth-order valence-corrected chi connectivity index (χ4v) is 2.65. The molecule has 6 heteroatoms. The lowest BCUT2D eigenvalue weighted by atomic mass is 10.2. The summed E-state index contributed by atoms with van der Waals surface area (Å²) in [5.41, 5.74) is 1.52. The van der Waals surface area contributed by atoms with Crippen LogP contribution in [0.25, 0.3) is 0 Å². The predicted octanol–water partition coefficient (Wildman–Crippen LogP) is 2.26. The summed E-state index contributed by atoms with van der Waals surface area (Å²) in [4.78, 5) is 13.3. The first kappa shape index (κ1) is 13.7. The number of alkyl carbamates (subject to hydrolysis) is 1. The molecule has 0 spiro atoms. The molecule has 1 aromatic rings. The van der Waals surface area contributed by atoms with Crippen molar-refractivity contribution in [3.8, 4) is 6.07 Å². The normalized spacial score (nSPS) is 17.9. The number of rotatable bonds is 2. The molecular weight excluding hydrogens is 310 g/mol. The van der Waals surface area contributed by atoms with Crippen LogP contribution >= 0.6 is 15.9 Å². The molecule has 1 atom stereocenters. The Morgan fingerprint density at radius 2 is 2.42 bits per heavy atom. The Kier molecular flexibility index (Phi) is 4.27. The summed E-state index contributed by atoms with van der Waals surface area (Å²) in [5, 5.41) is 12.0. The number of hydrogen-bond donors (Lipinski definition) is 1. The molecule has 0 radical (unpaired) electrons. The minimum absolute atomic E-state index is 0.0537. The Labute approximate surface area is 120 Å². The molecule has 1 aliphatic heterocycles. The number of halogens is 1. The Balaban J connectivity index is 2.11. The molecular formula is C13H14BrN3O2. The lowest BCUT2D eigenvalue weighted by Crippen LogP contribution is -2.37. The van der Waals surface area contributed by atoms with Crippen LogP contribution in [0.5, 0.6) is 0 Å². The van der Waals surface area contributed by atoms with E-state index in [1.54, 1.807) is 0 Å². The number of carbonyl (C=O) groups excluding carboxylic acids is 1. The number of nitrogens with zero attached hydrogens (tertiary/aromatic N) is 2. The van der Waals surface area contributed by atoms with Crippen molar-refractivity contribution in [2.45, 2.75) is 12.5 Å². The van der Waals surface area contributed by atoms with Crippen LogP contribution in [0.2, 0.25) is 0 Å². The lowest BCUT2D eigenvalue weighted by molar-refractivity contribution is 0.167.